The van der Waals surface area contributed by atoms with E-state index in [9.17, 15) is 27.9 Å². The topological polar surface area (TPSA) is 72.8 Å². The van der Waals surface area contributed by atoms with Crippen molar-refractivity contribution in [1.82, 2.24) is 0 Å². The van der Waals surface area contributed by atoms with E-state index in [1.165, 1.54) is 42.3 Å². The third kappa shape index (κ3) is 9.90. The summed E-state index contributed by atoms with van der Waals surface area (Å²) in [7, 11) is 0.802. The molecule has 0 radical (unpaired) electrons. The Morgan fingerprint density at radius 1 is 1.07 bits per heavy atom. The molecular formula is C35H45F3O5. The number of allylic oxidation sites excluding steroid dienone is 6. The Labute approximate surface area is 253 Å². The van der Waals surface area contributed by atoms with Crippen LogP contribution in [-0.4, -0.2) is 42.4 Å². The molecule has 0 saturated heterocycles. The number of Topliss-reactive ketones (excluding diaryl/α,β-unsaturated/α-hetero) is 1. The van der Waals surface area contributed by atoms with Crippen molar-refractivity contribution in [2.45, 2.75) is 97.1 Å². The van der Waals surface area contributed by atoms with Crippen molar-refractivity contribution in [2.24, 2.45) is 5.92 Å². The first-order valence-corrected chi connectivity index (χ1v) is 14.5. The van der Waals surface area contributed by atoms with E-state index < -0.39 is 41.4 Å². The number of aliphatic hydroxyl groups is 1. The van der Waals surface area contributed by atoms with Crippen LogP contribution in [0, 0.1) is 5.92 Å². The first-order chi connectivity index (χ1) is 20.1. The van der Waals surface area contributed by atoms with E-state index in [0.717, 1.165) is 50.5 Å². The molecule has 5 nitrogen and oxygen atoms in total. The maximum absolute atomic E-state index is 14.4. The van der Waals surface area contributed by atoms with E-state index in [1.807, 2.05) is 6.92 Å². The maximum Gasteiger partial charge on any atom is 0.432 e. The van der Waals surface area contributed by atoms with Gasteiger partial charge in [-0.1, -0.05) is 77.4 Å². The lowest BCUT2D eigenvalue weighted by molar-refractivity contribution is -0.278. The van der Waals surface area contributed by atoms with Crippen molar-refractivity contribution in [3.8, 4) is 0 Å². The zero-order valence-corrected chi connectivity index (χ0v) is 26.1. The first-order valence-electron chi connectivity index (χ1n) is 14.5. The van der Waals surface area contributed by atoms with Crippen molar-refractivity contribution < 1.29 is 37.3 Å². The second kappa shape index (κ2) is 16.0. The summed E-state index contributed by atoms with van der Waals surface area (Å²) >= 11 is 0. The summed E-state index contributed by atoms with van der Waals surface area (Å²) in [6, 6.07) is 6.56. The van der Waals surface area contributed by atoms with Crippen LogP contribution < -0.4 is 0 Å². The molecule has 1 aliphatic rings. The molecule has 0 fully saturated rings. The van der Waals surface area contributed by atoms with Crippen LogP contribution in [0.1, 0.15) is 78.7 Å². The highest BCUT2D eigenvalue weighted by Gasteiger charge is 2.64. The molecule has 8 heteroatoms. The van der Waals surface area contributed by atoms with E-state index >= 15 is 0 Å². The molecule has 1 aromatic rings. The van der Waals surface area contributed by atoms with Gasteiger partial charge < -0.3 is 14.6 Å². The molecule has 1 aliphatic carbocycles. The largest absolute Gasteiger partial charge is 0.455 e. The maximum atomic E-state index is 14.4. The lowest BCUT2D eigenvalue weighted by Gasteiger charge is -2.36. The van der Waals surface area contributed by atoms with Crippen LogP contribution in [0.3, 0.4) is 0 Å². The number of aliphatic hydroxyl groups excluding tert-OH is 1. The Morgan fingerprint density at radius 3 is 2.26 bits per heavy atom. The molecule has 0 saturated carbocycles. The highest BCUT2D eigenvalue weighted by atomic mass is 19.4. The van der Waals surface area contributed by atoms with Crippen molar-refractivity contribution in [3.63, 3.8) is 0 Å². The van der Waals surface area contributed by atoms with Crippen molar-refractivity contribution in [2.75, 3.05) is 7.11 Å². The average molecular weight is 603 g/mol. The SMILES string of the molecule is C=C(C[C@H](O)/C=C(\C)CC/C=C(\C)CCC=C(C)C)[C@H]1CC(=O)C(C)=C[C@H]1OC(=O)[C@](OC)(c1ccccc1)C(F)(F)F. The normalized spacial score (nSPS) is 20.1. The summed E-state index contributed by atoms with van der Waals surface area (Å²) in [5, 5.41) is 10.8. The number of ketones is 1. The summed E-state index contributed by atoms with van der Waals surface area (Å²) in [4.78, 5) is 25.9. The molecule has 1 N–H and O–H groups in total. The lowest BCUT2D eigenvalue weighted by atomic mass is 9.80. The van der Waals surface area contributed by atoms with Crippen LogP contribution in [0.5, 0.6) is 0 Å². The van der Waals surface area contributed by atoms with Crippen LogP contribution >= 0.6 is 0 Å². The van der Waals surface area contributed by atoms with Crippen LogP contribution in [0.15, 0.2) is 89.1 Å². The number of halogens is 3. The molecule has 0 aromatic heterocycles. The Kier molecular flexibility index (Phi) is 13.4. The van der Waals surface area contributed by atoms with Crippen molar-refractivity contribution >= 4 is 11.8 Å². The molecule has 2 rings (SSSR count). The predicted molar refractivity (Wildman–Crippen MR) is 163 cm³/mol. The lowest BCUT2D eigenvalue weighted by Crippen LogP contribution is -2.53. The van der Waals surface area contributed by atoms with Gasteiger partial charge in [-0.25, -0.2) is 4.79 Å². The van der Waals surface area contributed by atoms with Gasteiger partial charge in [-0.3, -0.25) is 4.79 Å². The molecule has 0 spiro atoms. The fraction of sp³-hybridized carbons (Fsp3) is 0.486. The van der Waals surface area contributed by atoms with Gasteiger partial charge in [-0.15, -0.1) is 0 Å². The van der Waals surface area contributed by atoms with E-state index in [2.05, 4.69) is 39.5 Å². The Bertz CT molecular complexity index is 1250. The third-order valence-electron chi connectivity index (χ3n) is 7.67. The van der Waals surface area contributed by atoms with Crippen LogP contribution in [0.2, 0.25) is 0 Å². The fourth-order valence-electron chi connectivity index (χ4n) is 5.15. The van der Waals surface area contributed by atoms with Gasteiger partial charge in [0, 0.05) is 25.0 Å². The summed E-state index contributed by atoms with van der Waals surface area (Å²) < 4.78 is 53.6. The van der Waals surface area contributed by atoms with Gasteiger partial charge in [0.1, 0.15) is 6.10 Å². The van der Waals surface area contributed by atoms with Crippen LogP contribution in [0.4, 0.5) is 13.2 Å². The molecule has 0 unspecified atom stereocenters. The molecule has 0 aliphatic heterocycles. The van der Waals surface area contributed by atoms with Gasteiger partial charge in [0.25, 0.3) is 5.60 Å². The van der Waals surface area contributed by atoms with Gasteiger partial charge in [-0.2, -0.15) is 13.2 Å². The predicted octanol–water partition coefficient (Wildman–Crippen LogP) is 8.26. The molecule has 43 heavy (non-hydrogen) atoms. The Balaban J connectivity index is 2.17. The second-order valence-electron chi connectivity index (χ2n) is 11.6. The molecular weight excluding hydrogens is 557 g/mol. The van der Waals surface area contributed by atoms with Gasteiger partial charge >= 0.3 is 12.1 Å². The fourth-order valence-corrected chi connectivity index (χ4v) is 5.15. The minimum Gasteiger partial charge on any atom is -0.455 e. The standard InChI is InChI=1S/C35H45F3O5/c1-23(2)13-11-14-24(3)15-12-16-25(4)19-29(39)20-26(5)30-22-31(40)27(6)21-32(30)43-33(41)34(42-7,35(36,37)38)28-17-9-8-10-18-28/h8-10,13,15,17-19,21,29-30,32,39H,5,11-12,14,16,20,22H2,1-4,6-7H3/b24-15+,25-19+/t29-,30-,32-,34-/m1/s1. The van der Waals surface area contributed by atoms with Crippen molar-refractivity contribution in [1.29, 1.82) is 0 Å². The Hall–Kier alpha value is -3.23. The Morgan fingerprint density at radius 2 is 1.67 bits per heavy atom. The highest BCUT2D eigenvalue weighted by molar-refractivity contribution is 5.96. The summed E-state index contributed by atoms with van der Waals surface area (Å²) in [5.41, 5.74) is 0.471. The second-order valence-corrected chi connectivity index (χ2v) is 11.6. The summed E-state index contributed by atoms with van der Waals surface area (Å²) in [6.45, 7) is 13.7. The number of alkyl halides is 3. The molecule has 0 bridgehead atoms. The molecule has 0 amide bonds. The van der Waals surface area contributed by atoms with Gasteiger partial charge in [0.05, 0.1) is 6.10 Å². The first kappa shape index (κ1) is 36.0. The molecule has 236 valence electrons. The average Bonchev–Trinajstić information content (AvgIpc) is 2.90. The van der Waals surface area contributed by atoms with E-state index in [0.29, 0.717) is 5.57 Å². The monoisotopic (exact) mass is 602 g/mol. The van der Waals surface area contributed by atoms with E-state index in [4.69, 9.17) is 9.47 Å². The number of benzene rings is 1. The number of methoxy groups -OCH3 is 1. The number of esters is 1. The van der Waals surface area contributed by atoms with Crippen LogP contribution in [0.25, 0.3) is 0 Å². The summed E-state index contributed by atoms with van der Waals surface area (Å²) in [5.74, 6) is -2.69. The summed E-state index contributed by atoms with van der Waals surface area (Å²) in [6.07, 6.45) is 3.75. The smallest absolute Gasteiger partial charge is 0.432 e. The molecule has 1 aromatic carbocycles. The highest BCUT2D eigenvalue weighted by Crippen LogP contribution is 2.44. The van der Waals surface area contributed by atoms with Crippen molar-refractivity contribution in [3.05, 3.63) is 94.6 Å². The van der Waals surface area contributed by atoms with Gasteiger partial charge in [0.2, 0.25) is 0 Å². The number of carbonyl (C=O) groups excluding carboxylic acids is 2. The zero-order valence-electron chi connectivity index (χ0n) is 26.1. The number of ether oxygens (including phenoxy) is 2. The molecule has 4 atom stereocenters. The quantitative estimate of drug-likeness (QED) is 0.171. The third-order valence-corrected chi connectivity index (χ3v) is 7.67. The molecule has 0 heterocycles. The minimum absolute atomic E-state index is 0.0567. The zero-order chi connectivity index (χ0) is 32.4. The van der Waals surface area contributed by atoms with Gasteiger partial charge in [0.15, 0.2) is 5.78 Å². The van der Waals surface area contributed by atoms with E-state index in [-0.39, 0.29) is 24.2 Å². The number of rotatable bonds is 14. The van der Waals surface area contributed by atoms with E-state index in [1.54, 1.807) is 6.08 Å². The number of carbonyl (C=O) groups is 2. The number of hydrogen-bond acceptors (Lipinski definition) is 5. The van der Waals surface area contributed by atoms with Crippen LogP contribution in [-0.2, 0) is 24.7 Å². The minimum atomic E-state index is -5.13. The van der Waals surface area contributed by atoms with Gasteiger partial charge in [-0.05, 0) is 78.4 Å². The number of hydrogen-bond donors (Lipinski definition) is 1.